The molecule has 0 saturated carbocycles. The molecule has 0 spiro atoms. The third-order valence-corrected chi connectivity index (χ3v) is 7.37. The van der Waals surface area contributed by atoms with Gasteiger partial charge in [0, 0.05) is 18.6 Å². The summed E-state index contributed by atoms with van der Waals surface area (Å²) in [5.41, 5.74) is 3.19. The van der Waals surface area contributed by atoms with Gasteiger partial charge in [-0.05, 0) is 72.6 Å². The van der Waals surface area contributed by atoms with E-state index in [-0.39, 0.29) is 23.8 Å². The van der Waals surface area contributed by atoms with Crippen molar-refractivity contribution in [2.75, 3.05) is 6.54 Å². The second-order valence-corrected chi connectivity index (χ2v) is 9.61. The number of ether oxygens (including phenoxy) is 1. The molecule has 4 atom stereocenters. The van der Waals surface area contributed by atoms with Crippen molar-refractivity contribution in [3.63, 3.8) is 0 Å². The predicted octanol–water partition coefficient (Wildman–Crippen LogP) is 6.87. The van der Waals surface area contributed by atoms with Crippen LogP contribution < -0.4 is 0 Å². The van der Waals surface area contributed by atoms with E-state index in [1.807, 2.05) is 0 Å². The maximum absolute atomic E-state index is 13.5. The maximum atomic E-state index is 13.5. The fraction of sp³-hybridized carbons (Fsp3) is 0.379. The van der Waals surface area contributed by atoms with Crippen LogP contribution in [-0.2, 0) is 4.74 Å². The van der Waals surface area contributed by atoms with Gasteiger partial charge in [-0.25, -0.2) is 8.78 Å². The molecule has 0 amide bonds. The zero-order valence-electron chi connectivity index (χ0n) is 19.0. The summed E-state index contributed by atoms with van der Waals surface area (Å²) in [7, 11) is 0. The molecule has 3 aromatic rings. The predicted molar refractivity (Wildman–Crippen MR) is 127 cm³/mol. The molecule has 0 aliphatic carbocycles. The monoisotopic (exact) mass is 447 g/mol. The molecule has 33 heavy (non-hydrogen) atoms. The van der Waals surface area contributed by atoms with Crippen molar-refractivity contribution in [3.8, 4) is 0 Å². The van der Waals surface area contributed by atoms with E-state index in [2.05, 4.69) is 42.2 Å². The Kier molecular flexibility index (Phi) is 6.57. The number of benzene rings is 3. The quantitative estimate of drug-likeness (QED) is 0.392. The van der Waals surface area contributed by atoms with Crippen molar-refractivity contribution >= 4 is 0 Å². The van der Waals surface area contributed by atoms with Gasteiger partial charge in [0.15, 0.2) is 0 Å². The van der Waals surface area contributed by atoms with Crippen molar-refractivity contribution in [3.05, 3.63) is 107 Å². The van der Waals surface area contributed by atoms with E-state index in [1.165, 1.54) is 42.7 Å². The van der Waals surface area contributed by atoms with E-state index in [0.29, 0.717) is 18.0 Å². The summed E-state index contributed by atoms with van der Waals surface area (Å²) < 4.78 is 33.8. The molecule has 2 nitrogen and oxygen atoms in total. The summed E-state index contributed by atoms with van der Waals surface area (Å²) in [6, 6.07) is 24.8. The first-order valence-corrected chi connectivity index (χ1v) is 12.0. The third-order valence-electron chi connectivity index (χ3n) is 7.37. The van der Waals surface area contributed by atoms with Crippen LogP contribution in [0.15, 0.2) is 78.9 Å². The largest absolute Gasteiger partial charge is 0.365 e. The first-order chi connectivity index (χ1) is 16.1. The van der Waals surface area contributed by atoms with E-state index in [4.69, 9.17) is 4.74 Å². The number of piperidine rings is 1. The summed E-state index contributed by atoms with van der Waals surface area (Å²) in [5, 5.41) is 0. The molecule has 172 valence electrons. The molecule has 2 heterocycles. The van der Waals surface area contributed by atoms with Gasteiger partial charge in [0.05, 0.1) is 6.10 Å². The molecule has 2 aliphatic rings. The molecule has 0 radical (unpaired) electrons. The van der Waals surface area contributed by atoms with Crippen molar-refractivity contribution in [2.45, 2.75) is 62.8 Å². The van der Waals surface area contributed by atoms with Gasteiger partial charge in [-0.1, -0.05) is 61.5 Å². The molecule has 2 bridgehead atoms. The zero-order valence-corrected chi connectivity index (χ0v) is 19.0. The first kappa shape index (κ1) is 22.2. The van der Waals surface area contributed by atoms with Crippen LogP contribution in [0, 0.1) is 11.6 Å². The Balaban J connectivity index is 1.30. The normalized spacial score (nSPS) is 23.7. The molecule has 4 heteroatoms. The van der Waals surface area contributed by atoms with Gasteiger partial charge in [-0.3, -0.25) is 4.90 Å². The summed E-state index contributed by atoms with van der Waals surface area (Å²) in [6.45, 7) is 3.39. The van der Waals surface area contributed by atoms with Crippen LogP contribution in [0.4, 0.5) is 8.78 Å². The fourth-order valence-corrected chi connectivity index (χ4v) is 5.65. The summed E-state index contributed by atoms with van der Waals surface area (Å²) in [6.07, 6.45) is 4.22. The van der Waals surface area contributed by atoms with E-state index in [0.717, 1.165) is 30.5 Å². The van der Waals surface area contributed by atoms with E-state index in [1.54, 1.807) is 24.3 Å². The zero-order chi connectivity index (χ0) is 22.8. The van der Waals surface area contributed by atoms with Crippen LogP contribution in [0.2, 0.25) is 0 Å². The summed E-state index contributed by atoms with van der Waals surface area (Å²) in [5.74, 6) is -0.0380. The average Bonchev–Trinajstić information content (AvgIpc) is 3.06. The maximum Gasteiger partial charge on any atom is 0.123 e. The highest BCUT2D eigenvalue weighted by Crippen LogP contribution is 2.40. The molecule has 2 fully saturated rings. The number of hydrogen-bond donors (Lipinski definition) is 0. The van der Waals surface area contributed by atoms with Gasteiger partial charge in [-0.15, -0.1) is 0 Å². The third kappa shape index (κ3) is 5.02. The smallest absolute Gasteiger partial charge is 0.123 e. The van der Waals surface area contributed by atoms with Crippen LogP contribution in [-0.4, -0.2) is 29.6 Å². The Morgan fingerprint density at radius 2 is 1.27 bits per heavy atom. The van der Waals surface area contributed by atoms with Gasteiger partial charge in [-0.2, -0.15) is 0 Å². The lowest BCUT2D eigenvalue weighted by Crippen LogP contribution is -2.47. The van der Waals surface area contributed by atoms with Crippen LogP contribution >= 0.6 is 0 Å². The van der Waals surface area contributed by atoms with Gasteiger partial charge in [0.1, 0.15) is 17.7 Å². The lowest BCUT2D eigenvalue weighted by molar-refractivity contribution is -0.0490. The molecular formula is C29H31F2NO. The Morgan fingerprint density at radius 3 is 1.79 bits per heavy atom. The lowest BCUT2D eigenvalue weighted by Gasteiger charge is -2.41. The van der Waals surface area contributed by atoms with E-state index < -0.39 is 0 Å². The number of hydrogen-bond acceptors (Lipinski definition) is 2. The highest BCUT2D eigenvalue weighted by Gasteiger charge is 2.42. The number of halogens is 2. The van der Waals surface area contributed by atoms with Crippen molar-refractivity contribution in [2.24, 2.45) is 0 Å². The Hall–Kier alpha value is -2.56. The van der Waals surface area contributed by atoms with Gasteiger partial charge in [0.2, 0.25) is 0 Å². The average molecular weight is 448 g/mol. The van der Waals surface area contributed by atoms with E-state index in [9.17, 15) is 8.78 Å². The lowest BCUT2D eigenvalue weighted by atomic mass is 9.94. The highest BCUT2D eigenvalue weighted by molar-refractivity contribution is 5.31. The van der Waals surface area contributed by atoms with Gasteiger partial charge < -0.3 is 4.74 Å². The standard InChI is InChI=1S/C29H31F2NO/c1-20(21-5-3-2-4-6-21)19-32-26-15-16-27(32)18-28(17-26)33-29(22-7-11-24(30)12-8-22)23-9-13-25(31)14-10-23/h2-14,20,26-29H,15-19H2,1H3/t20-,26-,27+,28?/m1/s1. The van der Waals surface area contributed by atoms with Crippen molar-refractivity contribution in [1.29, 1.82) is 0 Å². The molecule has 1 unspecified atom stereocenters. The minimum Gasteiger partial charge on any atom is -0.365 e. The molecule has 3 aromatic carbocycles. The molecule has 0 N–H and O–H groups in total. The van der Waals surface area contributed by atoms with Crippen LogP contribution in [0.3, 0.4) is 0 Å². The molecule has 0 aromatic heterocycles. The first-order valence-electron chi connectivity index (χ1n) is 12.0. The molecule has 2 saturated heterocycles. The number of nitrogens with zero attached hydrogens (tertiary/aromatic N) is 1. The molecular weight excluding hydrogens is 416 g/mol. The highest BCUT2D eigenvalue weighted by atomic mass is 19.1. The number of fused-ring (bicyclic) bond motifs is 2. The minimum absolute atomic E-state index is 0.130. The van der Waals surface area contributed by atoms with Crippen molar-refractivity contribution < 1.29 is 13.5 Å². The van der Waals surface area contributed by atoms with Gasteiger partial charge in [0.25, 0.3) is 0 Å². The Bertz CT molecular complexity index is 978. The summed E-state index contributed by atoms with van der Waals surface area (Å²) in [4.78, 5) is 2.70. The van der Waals surface area contributed by atoms with Crippen LogP contribution in [0.25, 0.3) is 0 Å². The number of rotatable bonds is 7. The second-order valence-electron chi connectivity index (χ2n) is 9.61. The fourth-order valence-electron chi connectivity index (χ4n) is 5.65. The van der Waals surface area contributed by atoms with E-state index >= 15 is 0 Å². The second kappa shape index (κ2) is 9.74. The molecule has 5 rings (SSSR count). The van der Waals surface area contributed by atoms with Crippen LogP contribution in [0.1, 0.15) is 61.3 Å². The topological polar surface area (TPSA) is 12.5 Å². The molecule has 2 aliphatic heterocycles. The Morgan fingerprint density at radius 1 is 0.758 bits per heavy atom. The Labute approximate surface area is 195 Å². The summed E-state index contributed by atoms with van der Waals surface area (Å²) >= 11 is 0. The SMILES string of the molecule is C[C@H](CN1[C@@H]2CC[C@H]1CC(OC(c1ccc(F)cc1)c1ccc(F)cc1)C2)c1ccccc1. The van der Waals surface area contributed by atoms with Gasteiger partial charge >= 0.3 is 0 Å². The van der Waals surface area contributed by atoms with Crippen LogP contribution in [0.5, 0.6) is 0 Å². The van der Waals surface area contributed by atoms with Crippen molar-refractivity contribution in [1.82, 2.24) is 4.90 Å². The minimum atomic E-state index is -0.328.